The van der Waals surface area contributed by atoms with Crippen molar-refractivity contribution in [2.75, 3.05) is 30.5 Å². The molecule has 0 aliphatic carbocycles. The van der Waals surface area contributed by atoms with Crippen LogP contribution < -0.4 is 4.90 Å². The third kappa shape index (κ3) is 6.84. The molecule has 0 radical (unpaired) electrons. The second-order valence-corrected chi connectivity index (χ2v) is 6.31. The molecule has 1 unspecified atom stereocenters. The number of piperidine rings is 1. The van der Waals surface area contributed by atoms with Gasteiger partial charge in [0.25, 0.3) is 0 Å². The summed E-state index contributed by atoms with van der Waals surface area (Å²) >= 11 is 5.79. The number of hydrogen-bond acceptors (Lipinski definition) is 3. The molecule has 2 rings (SSSR count). The Bertz CT molecular complexity index is 525. The van der Waals surface area contributed by atoms with Gasteiger partial charge >= 0.3 is 0 Å². The van der Waals surface area contributed by atoms with Gasteiger partial charge in [-0.3, -0.25) is 5.41 Å². The number of anilines is 1. The highest BCUT2D eigenvalue weighted by atomic mass is 35.5. The maximum Gasteiger partial charge on any atom is 0.188 e. The molecule has 25 heavy (non-hydrogen) atoms. The van der Waals surface area contributed by atoms with E-state index in [-0.39, 0.29) is 42.4 Å². The largest absolute Gasteiger partial charge is 0.481 e. The van der Waals surface area contributed by atoms with Crippen LogP contribution >= 0.6 is 36.4 Å². The molecule has 1 heterocycles. The summed E-state index contributed by atoms with van der Waals surface area (Å²) in [5.41, 5.74) is 1.60. The second kappa shape index (κ2) is 12.6. The van der Waals surface area contributed by atoms with Gasteiger partial charge in [0.05, 0.1) is 12.5 Å². The van der Waals surface area contributed by atoms with Crippen molar-refractivity contribution < 1.29 is 9.13 Å². The number of nitrogens with zero attached hydrogens (tertiary/aromatic N) is 1. The number of halogens is 4. The monoisotopic (exact) mass is 412 g/mol. The molecule has 3 nitrogen and oxygen atoms in total. The number of ether oxygens (including phenoxy) is 1. The van der Waals surface area contributed by atoms with E-state index in [1.54, 1.807) is 0 Å². The normalized spacial score (nSPS) is 14.9. The zero-order chi connectivity index (χ0) is 16.7. The van der Waals surface area contributed by atoms with Crippen molar-refractivity contribution in [2.24, 2.45) is 0 Å². The van der Waals surface area contributed by atoms with Crippen LogP contribution in [0.3, 0.4) is 0 Å². The van der Waals surface area contributed by atoms with Crippen molar-refractivity contribution in [3.05, 3.63) is 29.6 Å². The summed E-state index contributed by atoms with van der Waals surface area (Å²) in [4.78, 5) is 2.30. The lowest BCUT2D eigenvalue weighted by molar-refractivity contribution is 0.304. The van der Waals surface area contributed by atoms with Gasteiger partial charge in [-0.1, -0.05) is 0 Å². The van der Waals surface area contributed by atoms with Crippen molar-refractivity contribution in [3.8, 4) is 0 Å². The number of alkyl halides is 1. The summed E-state index contributed by atoms with van der Waals surface area (Å²) in [6.07, 6.45) is 4.98. The predicted octanol–water partition coefficient (Wildman–Crippen LogP) is 5.78. The quantitative estimate of drug-likeness (QED) is 0.349. The van der Waals surface area contributed by atoms with Crippen LogP contribution in [0.4, 0.5) is 10.1 Å². The van der Waals surface area contributed by atoms with Gasteiger partial charge in [0.2, 0.25) is 0 Å². The summed E-state index contributed by atoms with van der Waals surface area (Å²) in [6.45, 7) is 4.29. The van der Waals surface area contributed by atoms with Gasteiger partial charge in [0.1, 0.15) is 5.82 Å². The molecule has 7 heteroatoms. The van der Waals surface area contributed by atoms with Gasteiger partial charge in [-0.15, -0.1) is 36.4 Å². The van der Waals surface area contributed by atoms with Crippen LogP contribution in [0, 0.1) is 11.2 Å². The highest BCUT2D eigenvalue weighted by Gasteiger charge is 2.23. The molecular weight excluding hydrogens is 386 g/mol. The minimum absolute atomic E-state index is 0. The highest BCUT2D eigenvalue weighted by Crippen LogP contribution is 2.30. The van der Waals surface area contributed by atoms with Crippen LogP contribution in [0.25, 0.3) is 0 Å². The minimum atomic E-state index is -0.363. The summed E-state index contributed by atoms with van der Waals surface area (Å²) in [5.74, 6) is 0.00381. The van der Waals surface area contributed by atoms with Crippen molar-refractivity contribution in [2.45, 2.75) is 44.9 Å². The molecule has 1 aliphatic heterocycles. The maximum atomic E-state index is 14.4. The Hall–Kier alpha value is -0.710. The predicted molar refractivity (Wildman–Crippen MR) is 109 cm³/mol. The van der Waals surface area contributed by atoms with Gasteiger partial charge in [0, 0.05) is 30.2 Å². The fraction of sp³-hybridized carbons (Fsp3) is 0.611. The van der Waals surface area contributed by atoms with Crippen molar-refractivity contribution >= 4 is 48.0 Å². The molecule has 0 bridgehead atoms. The van der Waals surface area contributed by atoms with Crippen LogP contribution in [-0.2, 0) is 4.74 Å². The molecule has 0 spiro atoms. The smallest absolute Gasteiger partial charge is 0.188 e. The third-order valence-corrected chi connectivity index (χ3v) is 4.59. The zero-order valence-corrected chi connectivity index (χ0v) is 17.0. The van der Waals surface area contributed by atoms with Crippen LogP contribution in [0.5, 0.6) is 0 Å². The first-order chi connectivity index (χ1) is 11.2. The Morgan fingerprint density at radius 3 is 2.56 bits per heavy atom. The Kier molecular flexibility index (Phi) is 12.3. The molecule has 1 aromatic carbocycles. The van der Waals surface area contributed by atoms with E-state index in [1.807, 2.05) is 19.1 Å². The van der Waals surface area contributed by atoms with Crippen LogP contribution in [0.2, 0.25) is 0 Å². The Balaban J connectivity index is 0.00000288. The average molecular weight is 414 g/mol. The molecule has 144 valence electrons. The molecule has 1 N–H and O–H groups in total. The van der Waals surface area contributed by atoms with Gasteiger partial charge in [-0.25, -0.2) is 4.39 Å². The Morgan fingerprint density at radius 2 is 1.96 bits per heavy atom. The van der Waals surface area contributed by atoms with Gasteiger partial charge in [-0.05, 0) is 57.2 Å². The van der Waals surface area contributed by atoms with Crippen molar-refractivity contribution in [1.82, 2.24) is 0 Å². The lowest BCUT2D eigenvalue weighted by Crippen LogP contribution is -2.29. The van der Waals surface area contributed by atoms with E-state index in [2.05, 4.69) is 4.90 Å². The Morgan fingerprint density at radius 1 is 1.28 bits per heavy atom. The van der Waals surface area contributed by atoms with Crippen LogP contribution in [0.15, 0.2) is 18.2 Å². The van der Waals surface area contributed by atoms with Crippen molar-refractivity contribution in [3.63, 3.8) is 0 Å². The van der Waals surface area contributed by atoms with Gasteiger partial charge in [-0.2, -0.15) is 0 Å². The second-order valence-electron chi connectivity index (χ2n) is 5.93. The first kappa shape index (κ1) is 24.3. The molecule has 0 amide bonds. The van der Waals surface area contributed by atoms with Crippen molar-refractivity contribution in [1.29, 1.82) is 5.41 Å². The number of hydrogen-bond donors (Lipinski definition) is 1. The molecule has 1 fully saturated rings. The van der Waals surface area contributed by atoms with Gasteiger partial charge in [0.15, 0.2) is 5.90 Å². The van der Waals surface area contributed by atoms with Gasteiger partial charge < -0.3 is 9.64 Å². The van der Waals surface area contributed by atoms with E-state index < -0.39 is 0 Å². The standard InChI is InChI=1S/C18H26ClFN2O.2ClH/c1-2-23-18(21)15(7-6-10-19)16-13-14(8-9-17(16)20)22-11-4-3-5-12-22;;/h8-9,13,15,21H,2-7,10-12H2,1H3;2*1H. The first-order valence-electron chi connectivity index (χ1n) is 8.49. The fourth-order valence-corrected chi connectivity index (χ4v) is 3.27. The molecule has 1 atom stereocenters. The molecule has 1 aliphatic rings. The SMILES string of the molecule is CCOC(=N)C(CCCCl)c1cc(N2CCCCC2)ccc1F.Cl.Cl. The lowest BCUT2D eigenvalue weighted by Gasteiger charge is -2.30. The average Bonchev–Trinajstić information content (AvgIpc) is 2.57. The summed E-state index contributed by atoms with van der Waals surface area (Å²) < 4.78 is 19.8. The molecule has 1 saturated heterocycles. The van der Waals surface area contributed by atoms with E-state index in [1.165, 1.54) is 25.3 Å². The number of benzene rings is 1. The number of nitrogens with one attached hydrogen (secondary N) is 1. The summed E-state index contributed by atoms with van der Waals surface area (Å²) in [6, 6.07) is 5.26. The fourth-order valence-electron chi connectivity index (χ4n) is 3.11. The van der Waals surface area contributed by atoms with E-state index in [0.29, 0.717) is 24.5 Å². The molecular formula is C18H28Cl3FN2O. The lowest BCUT2D eigenvalue weighted by atomic mass is 9.93. The Labute approximate surface area is 167 Å². The third-order valence-electron chi connectivity index (χ3n) is 4.32. The number of rotatable bonds is 7. The van der Waals surface area contributed by atoms with E-state index in [0.717, 1.165) is 25.2 Å². The first-order valence-corrected chi connectivity index (χ1v) is 9.02. The molecule has 0 aromatic heterocycles. The van der Waals surface area contributed by atoms with Crippen LogP contribution in [-0.4, -0.2) is 31.5 Å². The van der Waals surface area contributed by atoms with E-state index in [4.69, 9.17) is 21.7 Å². The van der Waals surface area contributed by atoms with E-state index in [9.17, 15) is 4.39 Å². The zero-order valence-electron chi connectivity index (χ0n) is 14.6. The summed E-state index contributed by atoms with van der Waals surface area (Å²) in [7, 11) is 0. The maximum absolute atomic E-state index is 14.4. The molecule has 0 saturated carbocycles. The highest BCUT2D eigenvalue weighted by molar-refractivity contribution is 6.17. The van der Waals surface area contributed by atoms with Crippen LogP contribution in [0.1, 0.15) is 50.5 Å². The molecule has 1 aromatic rings. The van der Waals surface area contributed by atoms with E-state index >= 15 is 0 Å². The topological polar surface area (TPSA) is 36.3 Å². The minimum Gasteiger partial charge on any atom is -0.481 e. The summed E-state index contributed by atoms with van der Waals surface area (Å²) in [5, 5.41) is 8.13.